The van der Waals surface area contributed by atoms with Crippen molar-refractivity contribution in [1.82, 2.24) is 20.1 Å². The van der Waals surface area contributed by atoms with Gasteiger partial charge in [0.2, 0.25) is 0 Å². The van der Waals surface area contributed by atoms with E-state index in [4.69, 9.17) is 0 Å². The van der Waals surface area contributed by atoms with Crippen molar-refractivity contribution in [2.24, 2.45) is 18.9 Å². The summed E-state index contributed by atoms with van der Waals surface area (Å²) in [5.41, 5.74) is 0. The summed E-state index contributed by atoms with van der Waals surface area (Å²) in [4.78, 5) is 0. The van der Waals surface area contributed by atoms with E-state index in [0.717, 1.165) is 17.0 Å². The van der Waals surface area contributed by atoms with Crippen molar-refractivity contribution in [3.8, 4) is 0 Å². The molecule has 0 radical (unpaired) electrons. The zero-order valence-electron chi connectivity index (χ0n) is 11.1. The van der Waals surface area contributed by atoms with Gasteiger partial charge in [-0.2, -0.15) is 0 Å². The maximum Gasteiger partial charge on any atom is 0.191 e. The monoisotopic (exact) mass is 254 g/mol. The first kappa shape index (κ1) is 12.9. The van der Waals surface area contributed by atoms with Crippen LogP contribution in [0, 0.1) is 11.8 Å². The lowest BCUT2D eigenvalue weighted by atomic mass is 9.80. The van der Waals surface area contributed by atoms with Gasteiger partial charge in [-0.3, -0.25) is 0 Å². The fourth-order valence-corrected chi connectivity index (χ4v) is 4.12. The van der Waals surface area contributed by atoms with E-state index >= 15 is 0 Å². The Kier molecular flexibility index (Phi) is 4.09. The normalized spacial score (nSPS) is 33.9. The smallest absolute Gasteiger partial charge is 0.191 e. The van der Waals surface area contributed by atoms with Gasteiger partial charge in [-0.1, -0.05) is 25.6 Å². The molecule has 0 aromatic carbocycles. The van der Waals surface area contributed by atoms with Gasteiger partial charge < -0.3 is 9.88 Å². The highest BCUT2D eigenvalue weighted by Gasteiger charge is 2.34. The SMILES string of the molecule is CNC1CC(C)CC(C)C1Sc1nncn1C. The number of nitrogens with one attached hydrogen (secondary N) is 1. The van der Waals surface area contributed by atoms with Gasteiger partial charge in [-0.25, -0.2) is 0 Å². The lowest BCUT2D eigenvalue weighted by molar-refractivity contribution is 0.256. The first-order valence-electron chi connectivity index (χ1n) is 6.29. The van der Waals surface area contributed by atoms with Gasteiger partial charge in [0.15, 0.2) is 5.16 Å². The average molecular weight is 254 g/mol. The fraction of sp³-hybridized carbons (Fsp3) is 0.833. The van der Waals surface area contributed by atoms with Crippen molar-refractivity contribution < 1.29 is 0 Å². The largest absolute Gasteiger partial charge is 0.316 e. The lowest BCUT2D eigenvalue weighted by Gasteiger charge is -2.38. The third-order valence-electron chi connectivity index (χ3n) is 3.67. The number of aryl methyl sites for hydroxylation is 1. The van der Waals surface area contributed by atoms with Crippen LogP contribution in [0.2, 0.25) is 0 Å². The van der Waals surface area contributed by atoms with E-state index in [0.29, 0.717) is 11.3 Å². The van der Waals surface area contributed by atoms with Gasteiger partial charge in [0.25, 0.3) is 0 Å². The van der Waals surface area contributed by atoms with Crippen molar-refractivity contribution in [2.75, 3.05) is 7.05 Å². The number of hydrogen-bond acceptors (Lipinski definition) is 4. The topological polar surface area (TPSA) is 42.7 Å². The highest BCUT2D eigenvalue weighted by atomic mass is 32.2. The number of nitrogens with zero attached hydrogens (tertiary/aromatic N) is 3. The Balaban J connectivity index is 2.09. The van der Waals surface area contributed by atoms with E-state index in [-0.39, 0.29) is 0 Å². The Morgan fingerprint density at radius 1 is 1.41 bits per heavy atom. The molecule has 1 saturated carbocycles. The number of hydrogen-bond donors (Lipinski definition) is 1. The molecule has 1 aromatic heterocycles. The molecular weight excluding hydrogens is 232 g/mol. The maximum atomic E-state index is 4.18. The predicted molar refractivity (Wildman–Crippen MR) is 71.1 cm³/mol. The molecule has 1 aliphatic rings. The van der Waals surface area contributed by atoms with E-state index < -0.39 is 0 Å². The fourth-order valence-electron chi connectivity index (χ4n) is 2.81. The Morgan fingerprint density at radius 2 is 2.18 bits per heavy atom. The van der Waals surface area contributed by atoms with Crippen LogP contribution in [0.4, 0.5) is 0 Å². The molecule has 1 aromatic rings. The van der Waals surface area contributed by atoms with Crippen LogP contribution in [0.1, 0.15) is 26.7 Å². The van der Waals surface area contributed by atoms with Crippen LogP contribution in [-0.2, 0) is 7.05 Å². The van der Waals surface area contributed by atoms with Crippen molar-refractivity contribution in [3.05, 3.63) is 6.33 Å². The second-order valence-electron chi connectivity index (χ2n) is 5.26. The molecule has 4 unspecified atom stereocenters. The third-order valence-corrected chi connectivity index (χ3v) is 5.32. The summed E-state index contributed by atoms with van der Waals surface area (Å²) in [6, 6.07) is 0.579. The minimum atomic E-state index is 0.579. The number of aromatic nitrogens is 3. The molecule has 1 fully saturated rings. The lowest BCUT2D eigenvalue weighted by Crippen LogP contribution is -2.44. The molecule has 1 N–H and O–H groups in total. The Hall–Kier alpha value is -0.550. The molecule has 1 aliphatic carbocycles. The van der Waals surface area contributed by atoms with Crippen LogP contribution in [0.15, 0.2) is 11.5 Å². The Morgan fingerprint density at radius 3 is 2.76 bits per heavy atom. The minimum absolute atomic E-state index is 0.579. The molecule has 4 nitrogen and oxygen atoms in total. The zero-order chi connectivity index (χ0) is 12.4. The highest BCUT2D eigenvalue weighted by Crippen LogP contribution is 2.38. The number of rotatable bonds is 3. The van der Waals surface area contributed by atoms with E-state index in [9.17, 15) is 0 Å². The Labute approximate surface area is 108 Å². The number of thioether (sulfide) groups is 1. The molecule has 0 bridgehead atoms. The highest BCUT2D eigenvalue weighted by molar-refractivity contribution is 7.99. The quantitative estimate of drug-likeness (QED) is 0.895. The molecule has 0 spiro atoms. The van der Waals surface area contributed by atoms with E-state index in [1.807, 2.05) is 23.4 Å². The van der Waals surface area contributed by atoms with Gasteiger partial charge in [-0.05, 0) is 31.7 Å². The molecule has 0 aliphatic heterocycles. The third kappa shape index (κ3) is 2.83. The molecule has 17 heavy (non-hydrogen) atoms. The van der Waals surface area contributed by atoms with Crippen LogP contribution < -0.4 is 5.32 Å². The summed E-state index contributed by atoms with van der Waals surface area (Å²) in [7, 11) is 4.08. The van der Waals surface area contributed by atoms with Gasteiger partial charge in [-0.15, -0.1) is 10.2 Å². The summed E-state index contributed by atoms with van der Waals surface area (Å²) < 4.78 is 2.00. The van der Waals surface area contributed by atoms with Crippen molar-refractivity contribution in [2.45, 2.75) is 43.1 Å². The average Bonchev–Trinajstić information content (AvgIpc) is 2.68. The zero-order valence-corrected chi connectivity index (χ0v) is 11.9. The molecular formula is C12H22N4S. The maximum absolute atomic E-state index is 4.18. The first-order valence-corrected chi connectivity index (χ1v) is 7.17. The summed E-state index contributed by atoms with van der Waals surface area (Å²) in [5.74, 6) is 1.54. The summed E-state index contributed by atoms with van der Waals surface area (Å²) in [6.45, 7) is 4.71. The van der Waals surface area contributed by atoms with Crippen LogP contribution >= 0.6 is 11.8 Å². The molecule has 5 heteroatoms. The van der Waals surface area contributed by atoms with Crippen molar-refractivity contribution in [1.29, 1.82) is 0 Å². The van der Waals surface area contributed by atoms with Crippen molar-refractivity contribution >= 4 is 11.8 Å². The summed E-state index contributed by atoms with van der Waals surface area (Å²) in [5, 5.41) is 13.2. The van der Waals surface area contributed by atoms with Crippen molar-refractivity contribution in [3.63, 3.8) is 0 Å². The second-order valence-corrected chi connectivity index (χ2v) is 6.40. The standard InChI is InChI=1S/C12H22N4S/c1-8-5-9(2)11(10(6-8)13-3)17-12-15-14-7-16(12)4/h7-11,13H,5-6H2,1-4H3. The van der Waals surface area contributed by atoms with Crippen LogP contribution in [0.3, 0.4) is 0 Å². The van der Waals surface area contributed by atoms with E-state index in [2.05, 4.69) is 36.4 Å². The molecule has 0 saturated heterocycles. The second kappa shape index (κ2) is 5.40. The summed E-state index contributed by atoms with van der Waals surface area (Å²) in [6.07, 6.45) is 4.34. The Bertz CT molecular complexity index is 365. The van der Waals surface area contributed by atoms with E-state index in [1.165, 1.54) is 12.8 Å². The molecule has 2 rings (SSSR count). The van der Waals surface area contributed by atoms with E-state index in [1.54, 1.807) is 6.33 Å². The van der Waals surface area contributed by atoms with Crippen LogP contribution in [0.25, 0.3) is 0 Å². The molecule has 96 valence electrons. The van der Waals surface area contributed by atoms with Gasteiger partial charge in [0.05, 0.1) is 0 Å². The van der Waals surface area contributed by atoms with Gasteiger partial charge in [0, 0.05) is 18.3 Å². The molecule has 0 amide bonds. The minimum Gasteiger partial charge on any atom is -0.316 e. The summed E-state index contributed by atoms with van der Waals surface area (Å²) >= 11 is 1.87. The van der Waals surface area contributed by atoms with Crippen LogP contribution in [0.5, 0.6) is 0 Å². The molecule has 1 heterocycles. The predicted octanol–water partition coefficient (Wildman–Crippen LogP) is 1.93. The van der Waals surface area contributed by atoms with Crippen LogP contribution in [-0.4, -0.2) is 33.1 Å². The van der Waals surface area contributed by atoms with Gasteiger partial charge >= 0.3 is 0 Å². The first-order chi connectivity index (χ1) is 8.11. The molecule has 4 atom stereocenters. The van der Waals surface area contributed by atoms with Gasteiger partial charge in [0.1, 0.15) is 6.33 Å².